The third kappa shape index (κ3) is 3.14. The number of aromatic nitrogens is 1. The average molecular weight is 303 g/mol. The van der Waals surface area contributed by atoms with Gasteiger partial charge in [0.2, 0.25) is 0 Å². The minimum absolute atomic E-state index is 0.120. The molecule has 0 saturated carbocycles. The molecular formula is C13H10ClF3N2O. The number of halogens is 4. The van der Waals surface area contributed by atoms with Crippen LogP contribution in [-0.2, 0) is 6.18 Å². The first-order valence-corrected chi connectivity index (χ1v) is 5.92. The van der Waals surface area contributed by atoms with Gasteiger partial charge in [-0.05, 0) is 36.8 Å². The summed E-state index contributed by atoms with van der Waals surface area (Å²) in [7, 11) is 0. The molecule has 0 radical (unpaired) electrons. The summed E-state index contributed by atoms with van der Waals surface area (Å²) >= 11 is 5.86. The molecule has 0 aliphatic rings. The Morgan fingerprint density at radius 1 is 1.25 bits per heavy atom. The number of anilines is 1. The van der Waals surface area contributed by atoms with E-state index in [1.165, 1.54) is 6.07 Å². The maximum Gasteiger partial charge on any atom is 0.418 e. The molecule has 2 N–H and O–H groups in total. The molecule has 1 aromatic carbocycles. The lowest BCUT2D eigenvalue weighted by molar-refractivity contribution is -0.137. The predicted octanol–water partition coefficient (Wildman–Crippen LogP) is 4.44. The lowest BCUT2D eigenvalue weighted by Gasteiger charge is -2.12. The maximum atomic E-state index is 12.6. The van der Waals surface area contributed by atoms with E-state index >= 15 is 0 Å². The van der Waals surface area contributed by atoms with Crippen molar-refractivity contribution in [1.82, 2.24) is 4.98 Å². The van der Waals surface area contributed by atoms with Crippen LogP contribution >= 0.6 is 11.6 Å². The first-order valence-electron chi connectivity index (χ1n) is 5.54. The Hall–Kier alpha value is -1.95. The standard InChI is InChI=1S/C13H10ClF3N2O/c1-7-4-9(2-3-10(7)14)20-11-5-8(13(15,16)17)6-19-12(11)18/h2-6H,1H3,(H2,18,19). The summed E-state index contributed by atoms with van der Waals surface area (Å²) in [5.41, 5.74) is 5.33. The zero-order valence-electron chi connectivity index (χ0n) is 10.3. The summed E-state index contributed by atoms with van der Waals surface area (Å²) in [6.45, 7) is 1.75. The van der Waals surface area contributed by atoms with Crippen LogP contribution in [0, 0.1) is 6.92 Å². The molecule has 106 valence electrons. The van der Waals surface area contributed by atoms with Gasteiger partial charge >= 0.3 is 6.18 Å². The Labute approximate surface area is 118 Å². The van der Waals surface area contributed by atoms with Gasteiger partial charge in [0.05, 0.1) is 5.56 Å². The molecule has 7 heteroatoms. The first-order chi connectivity index (χ1) is 9.27. The van der Waals surface area contributed by atoms with E-state index < -0.39 is 11.7 Å². The Morgan fingerprint density at radius 3 is 2.55 bits per heavy atom. The van der Waals surface area contributed by atoms with Crippen LogP contribution in [0.5, 0.6) is 11.5 Å². The lowest BCUT2D eigenvalue weighted by atomic mass is 10.2. The second-order valence-electron chi connectivity index (χ2n) is 4.12. The number of rotatable bonds is 2. The molecule has 2 aromatic rings. The van der Waals surface area contributed by atoms with Crippen LogP contribution in [0.1, 0.15) is 11.1 Å². The topological polar surface area (TPSA) is 48.1 Å². The van der Waals surface area contributed by atoms with Gasteiger partial charge in [-0.1, -0.05) is 11.6 Å². The van der Waals surface area contributed by atoms with Crippen LogP contribution in [0.3, 0.4) is 0 Å². The highest BCUT2D eigenvalue weighted by Gasteiger charge is 2.32. The van der Waals surface area contributed by atoms with Gasteiger partial charge in [-0.3, -0.25) is 0 Å². The van der Waals surface area contributed by atoms with Crippen LogP contribution in [0.25, 0.3) is 0 Å². The number of nitrogen functional groups attached to an aromatic ring is 1. The van der Waals surface area contributed by atoms with Crippen molar-refractivity contribution in [3.8, 4) is 11.5 Å². The molecule has 0 spiro atoms. The molecule has 3 nitrogen and oxygen atoms in total. The summed E-state index contributed by atoms with van der Waals surface area (Å²) in [5, 5.41) is 0.535. The van der Waals surface area contributed by atoms with Gasteiger partial charge in [0, 0.05) is 11.2 Å². The molecular weight excluding hydrogens is 293 g/mol. The van der Waals surface area contributed by atoms with E-state index in [9.17, 15) is 13.2 Å². The van der Waals surface area contributed by atoms with Crippen LogP contribution in [0.2, 0.25) is 5.02 Å². The first kappa shape index (κ1) is 14.5. The predicted molar refractivity (Wildman–Crippen MR) is 69.9 cm³/mol. The van der Waals surface area contributed by atoms with Gasteiger partial charge < -0.3 is 10.5 Å². The van der Waals surface area contributed by atoms with Gasteiger partial charge in [0.1, 0.15) is 5.75 Å². The number of benzene rings is 1. The number of alkyl halides is 3. The fourth-order valence-corrected chi connectivity index (χ4v) is 1.62. The van der Waals surface area contributed by atoms with Gasteiger partial charge in [0.25, 0.3) is 0 Å². The molecule has 0 saturated heterocycles. The highest BCUT2D eigenvalue weighted by molar-refractivity contribution is 6.31. The lowest BCUT2D eigenvalue weighted by Crippen LogP contribution is -2.07. The second kappa shape index (κ2) is 5.20. The summed E-state index contributed by atoms with van der Waals surface area (Å²) < 4.78 is 43.1. The molecule has 0 aliphatic heterocycles. The zero-order valence-corrected chi connectivity index (χ0v) is 11.1. The van der Waals surface area contributed by atoms with Crippen LogP contribution in [-0.4, -0.2) is 4.98 Å². The summed E-state index contributed by atoms with van der Waals surface area (Å²) in [6.07, 6.45) is -3.84. The number of hydrogen-bond donors (Lipinski definition) is 1. The third-order valence-electron chi connectivity index (χ3n) is 2.57. The van der Waals surface area contributed by atoms with E-state index in [1.54, 1.807) is 19.1 Å². The minimum atomic E-state index is -4.51. The highest BCUT2D eigenvalue weighted by atomic mass is 35.5. The summed E-state index contributed by atoms with van der Waals surface area (Å²) in [5.74, 6) is 0.0619. The molecule has 0 aliphatic carbocycles. The quantitative estimate of drug-likeness (QED) is 0.892. The normalized spacial score (nSPS) is 11.4. The molecule has 0 unspecified atom stereocenters. The SMILES string of the molecule is Cc1cc(Oc2cc(C(F)(F)F)cnc2N)ccc1Cl. The van der Waals surface area contributed by atoms with Crippen molar-refractivity contribution in [2.75, 3.05) is 5.73 Å². The van der Waals surface area contributed by atoms with Crippen molar-refractivity contribution in [2.45, 2.75) is 13.1 Å². The van der Waals surface area contributed by atoms with E-state index in [4.69, 9.17) is 22.1 Å². The van der Waals surface area contributed by atoms with Crippen molar-refractivity contribution in [2.24, 2.45) is 0 Å². The maximum absolute atomic E-state index is 12.6. The summed E-state index contributed by atoms with van der Waals surface area (Å²) in [6, 6.07) is 5.53. The van der Waals surface area contributed by atoms with E-state index in [1.807, 2.05) is 0 Å². The van der Waals surface area contributed by atoms with Gasteiger partial charge in [-0.25, -0.2) is 4.98 Å². The number of hydrogen-bond acceptors (Lipinski definition) is 3. The third-order valence-corrected chi connectivity index (χ3v) is 2.99. The van der Waals surface area contributed by atoms with Crippen LogP contribution in [0.4, 0.5) is 19.0 Å². The average Bonchev–Trinajstić information content (AvgIpc) is 2.35. The van der Waals surface area contributed by atoms with Crippen molar-refractivity contribution < 1.29 is 17.9 Å². The number of pyridine rings is 1. The fraction of sp³-hybridized carbons (Fsp3) is 0.154. The van der Waals surface area contributed by atoms with Crippen LogP contribution < -0.4 is 10.5 Å². The van der Waals surface area contributed by atoms with E-state index in [2.05, 4.69) is 4.98 Å². The molecule has 20 heavy (non-hydrogen) atoms. The minimum Gasteiger partial charge on any atom is -0.453 e. The van der Waals surface area contributed by atoms with E-state index in [0.29, 0.717) is 17.0 Å². The zero-order chi connectivity index (χ0) is 14.9. The van der Waals surface area contributed by atoms with Crippen molar-refractivity contribution in [3.05, 3.63) is 46.6 Å². The molecule has 0 atom stereocenters. The Kier molecular flexibility index (Phi) is 3.76. The second-order valence-corrected chi connectivity index (χ2v) is 4.53. The van der Waals surface area contributed by atoms with E-state index in [0.717, 1.165) is 11.6 Å². The number of ether oxygens (including phenoxy) is 1. The molecule has 0 fully saturated rings. The molecule has 1 heterocycles. The largest absolute Gasteiger partial charge is 0.453 e. The summed E-state index contributed by atoms with van der Waals surface area (Å²) in [4.78, 5) is 3.49. The van der Waals surface area contributed by atoms with Gasteiger partial charge in [0.15, 0.2) is 11.6 Å². The highest BCUT2D eigenvalue weighted by Crippen LogP contribution is 2.35. The molecule has 2 rings (SSSR count). The number of nitrogens with two attached hydrogens (primary N) is 1. The Bertz CT molecular complexity index is 644. The fourth-order valence-electron chi connectivity index (χ4n) is 1.50. The van der Waals surface area contributed by atoms with Crippen LogP contribution in [0.15, 0.2) is 30.5 Å². The monoisotopic (exact) mass is 302 g/mol. The van der Waals surface area contributed by atoms with E-state index in [-0.39, 0.29) is 11.6 Å². The molecule has 0 amide bonds. The Balaban J connectivity index is 2.35. The van der Waals surface area contributed by atoms with Crippen molar-refractivity contribution >= 4 is 17.4 Å². The Morgan fingerprint density at radius 2 is 1.95 bits per heavy atom. The smallest absolute Gasteiger partial charge is 0.418 e. The van der Waals surface area contributed by atoms with Crippen molar-refractivity contribution in [1.29, 1.82) is 0 Å². The molecule has 1 aromatic heterocycles. The van der Waals surface area contributed by atoms with Gasteiger partial charge in [-0.2, -0.15) is 13.2 Å². The number of nitrogens with zero attached hydrogens (tertiary/aromatic N) is 1. The van der Waals surface area contributed by atoms with Gasteiger partial charge in [-0.15, -0.1) is 0 Å². The van der Waals surface area contributed by atoms with Crippen molar-refractivity contribution in [3.63, 3.8) is 0 Å². The molecule has 0 bridgehead atoms. The number of aryl methyl sites for hydroxylation is 1.